The molecule has 0 atom stereocenters. The molecule has 0 bridgehead atoms. The first-order valence-electron chi connectivity index (χ1n) is 6.72. The molecule has 2 heterocycles. The lowest BCUT2D eigenvalue weighted by atomic mass is 10.2. The summed E-state index contributed by atoms with van der Waals surface area (Å²) in [7, 11) is 0. The van der Waals surface area contributed by atoms with E-state index in [1.54, 1.807) is 18.4 Å². The molecular formula is C15H12BrN3O3S. The van der Waals surface area contributed by atoms with Crippen LogP contribution < -0.4 is 5.32 Å². The van der Waals surface area contributed by atoms with E-state index in [2.05, 4.69) is 31.4 Å². The van der Waals surface area contributed by atoms with Gasteiger partial charge in [-0.3, -0.25) is 4.79 Å². The molecule has 6 nitrogen and oxygen atoms in total. The van der Waals surface area contributed by atoms with Gasteiger partial charge in [0.15, 0.2) is 0 Å². The number of halogens is 1. The average molecular weight is 394 g/mol. The summed E-state index contributed by atoms with van der Waals surface area (Å²) in [5, 5.41) is 11.0. The molecule has 0 unspecified atom stereocenters. The van der Waals surface area contributed by atoms with Crippen molar-refractivity contribution in [3.8, 4) is 11.5 Å². The number of carbonyl (C=O) groups is 1. The van der Waals surface area contributed by atoms with Crippen molar-refractivity contribution in [1.82, 2.24) is 15.5 Å². The Morgan fingerprint density at radius 2 is 2.17 bits per heavy atom. The molecule has 3 rings (SSSR count). The molecule has 0 aliphatic heterocycles. The first kappa shape index (κ1) is 15.8. The molecule has 0 aliphatic rings. The maximum atomic E-state index is 11.8. The van der Waals surface area contributed by atoms with Crippen LogP contribution in [0, 0.1) is 0 Å². The Morgan fingerprint density at radius 3 is 2.96 bits per heavy atom. The third-order valence-electron chi connectivity index (χ3n) is 2.84. The van der Waals surface area contributed by atoms with Gasteiger partial charge in [-0.25, -0.2) is 0 Å². The van der Waals surface area contributed by atoms with Crippen LogP contribution >= 0.6 is 27.7 Å². The van der Waals surface area contributed by atoms with E-state index in [1.165, 1.54) is 11.8 Å². The molecule has 0 aliphatic carbocycles. The van der Waals surface area contributed by atoms with Crippen molar-refractivity contribution >= 4 is 33.6 Å². The summed E-state index contributed by atoms with van der Waals surface area (Å²) in [5.41, 5.74) is 0.820. The van der Waals surface area contributed by atoms with Crippen molar-refractivity contribution in [2.24, 2.45) is 0 Å². The zero-order chi connectivity index (χ0) is 16.1. The van der Waals surface area contributed by atoms with E-state index < -0.39 is 0 Å². The third-order valence-corrected chi connectivity index (χ3v) is 4.16. The minimum atomic E-state index is -0.131. The molecule has 0 saturated heterocycles. The second kappa shape index (κ2) is 7.47. The summed E-state index contributed by atoms with van der Waals surface area (Å²) in [4.78, 5) is 11.8. The van der Waals surface area contributed by atoms with E-state index in [1.807, 2.05) is 24.3 Å². The Balaban J connectivity index is 1.52. The first-order chi connectivity index (χ1) is 11.2. The molecule has 1 aromatic carbocycles. The molecule has 3 aromatic rings. The van der Waals surface area contributed by atoms with Gasteiger partial charge in [-0.1, -0.05) is 33.8 Å². The predicted octanol–water partition coefficient (Wildman–Crippen LogP) is 3.50. The first-order valence-corrected chi connectivity index (χ1v) is 8.50. The van der Waals surface area contributed by atoms with Gasteiger partial charge in [-0.2, -0.15) is 0 Å². The molecular weight excluding hydrogens is 382 g/mol. The lowest BCUT2D eigenvalue weighted by Gasteiger charge is -2.01. The minimum absolute atomic E-state index is 0.131. The maximum absolute atomic E-state index is 11.8. The topological polar surface area (TPSA) is 81.2 Å². The number of nitrogens with one attached hydrogen (secondary N) is 1. The van der Waals surface area contributed by atoms with Crippen LogP contribution in [0.5, 0.6) is 0 Å². The Hall–Kier alpha value is -2.06. The fourth-order valence-corrected chi connectivity index (χ4v) is 2.78. The van der Waals surface area contributed by atoms with Crippen molar-refractivity contribution in [1.29, 1.82) is 0 Å². The van der Waals surface area contributed by atoms with Gasteiger partial charge in [0.25, 0.3) is 5.22 Å². The van der Waals surface area contributed by atoms with Crippen molar-refractivity contribution in [2.45, 2.75) is 11.8 Å². The molecule has 0 fully saturated rings. The second-order valence-corrected chi connectivity index (χ2v) is 6.37. The highest BCUT2D eigenvalue weighted by Crippen LogP contribution is 2.25. The highest BCUT2D eigenvalue weighted by molar-refractivity contribution is 9.10. The summed E-state index contributed by atoms with van der Waals surface area (Å²) in [6, 6.07) is 11.1. The SMILES string of the molecule is O=C(CSc1nnc(-c2cccc(Br)c2)o1)NCc1ccco1. The molecule has 0 radical (unpaired) electrons. The number of amides is 1. The van der Waals surface area contributed by atoms with Gasteiger partial charge in [0, 0.05) is 10.0 Å². The largest absolute Gasteiger partial charge is 0.467 e. The van der Waals surface area contributed by atoms with E-state index >= 15 is 0 Å². The molecule has 0 saturated carbocycles. The normalized spacial score (nSPS) is 10.7. The van der Waals surface area contributed by atoms with E-state index in [0.29, 0.717) is 23.4 Å². The zero-order valence-electron chi connectivity index (χ0n) is 11.9. The Kier molecular flexibility index (Phi) is 5.14. The lowest BCUT2D eigenvalue weighted by molar-refractivity contribution is -0.118. The van der Waals surface area contributed by atoms with Gasteiger partial charge in [-0.05, 0) is 30.3 Å². The van der Waals surface area contributed by atoms with Crippen LogP contribution in [-0.4, -0.2) is 21.9 Å². The number of rotatable bonds is 6. The van der Waals surface area contributed by atoms with Crippen LogP contribution in [0.15, 0.2) is 61.2 Å². The molecule has 1 amide bonds. The smallest absolute Gasteiger partial charge is 0.277 e. The fourth-order valence-electron chi connectivity index (χ4n) is 1.78. The van der Waals surface area contributed by atoms with E-state index in [9.17, 15) is 4.79 Å². The number of furan rings is 1. The number of aromatic nitrogens is 2. The zero-order valence-corrected chi connectivity index (χ0v) is 14.3. The molecule has 0 spiro atoms. The van der Waals surface area contributed by atoms with Gasteiger partial charge in [0.1, 0.15) is 5.76 Å². The number of benzene rings is 1. The number of hydrogen-bond acceptors (Lipinski definition) is 6. The van der Waals surface area contributed by atoms with Gasteiger partial charge in [-0.15, -0.1) is 10.2 Å². The number of hydrogen-bond donors (Lipinski definition) is 1. The van der Waals surface area contributed by atoms with E-state index in [0.717, 1.165) is 10.0 Å². The van der Waals surface area contributed by atoms with Gasteiger partial charge in [0.05, 0.1) is 18.6 Å². The third kappa shape index (κ3) is 4.46. The second-order valence-electron chi connectivity index (χ2n) is 4.53. The summed E-state index contributed by atoms with van der Waals surface area (Å²) in [6.45, 7) is 0.361. The van der Waals surface area contributed by atoms with Gasteiger partial charge >= 0.3 is 0 Å². The van der Waals surface area contributed by atoms with Crippen LogP contribution in [0.25, 0.3) is 11.5 Å². The van der Waals surface area contributed by atoms with Crippen LogP contribution in [0.1, 0.15) is 5.76 Å². The van der Waals surface area contributed by atoms with Crippen molar-refractivity contribution in [3.05, 3.63) is 52.9 Å². The molecule has 8 heteroatoms. The van der Waals surface area contributed by atoms with Gasteiger partial charge in [0.2, 0.25) is 11.8 Å². The molecule has 2 aromatic heterocycles. The molecule has 118 valence electrons. The van der Waals surface area contributed by atoms with Crippen LogP contribution in [0.4, 0.5) is 0 Å². The predicted molar refractivity (Wildman–Crippen MR) is 88.7 cm³/mol. The van der Waals surface area contributed by atoms with Crippen molar-refractivity contribution < 1.29 is 13.6 Å². The minimum Gasteiger partial charge on any atom is -0.467 e. The van der Waals surface area contributed by atoms with Crippen molar-refractivity contribution in [2.75, 3.05) is 5.75 Å². The lowest BCUT2D eigenvalue weighted by Crippen LogP contribution is -2.24. The Labute approximate surface area is 144 Å². The average Bonchev–Trinajstić information content (AvgIpc) is 3.22. The number of carbonyl (C=O) groups excluding carboxylic acids is 1. The Bertz CT molecular complexity index is 789. The van der Waals surface area contributed by atoms with Crippen LogP contribution in [-0.2, 0) is 11.3 Å². The van der Waals surface area contributed by atoms with Crippen molar-refractivity contribution in [3.63, 3.8) is 0 Å². The molecule has 1 N–H and O–H groups in total. The molecule has 23 heavy (non-hydrogen) atoms. The van der Waals surface area contributed by atoms with Crippen LogP contribution in [0.2, 0.25) is 0 Å². The summed E-state index contributed by atoms with van der Waals surface area (Å²) >= 11 is 4.58. The monoisotopic (exact) mass is 393 g/mol. The quantitative estimate of drug-likeness (QED) is 0.645. The standard InChI is InChI=1S/C15H12BrN3O3S/c16-11-4-1-3-10(7-11)14-18-19-15(22-14)23-9-13(20)17-8-12-5-2-6-21-12/h1-7H,8-9H2,(H,17,20). The summed E-state index contributed by atoms with van der Waals surface area (Å²) in [5.74, 6) is 1.19. The maximum Gasteiger partial charge on any atom is 0.277 e. The van der Waals surface area contributed by atoms with E-state index in [-0.39, 0.29) is 11.7 Å². The van der Waals surface area contributed by atoms with Gasteiger partial charge < -0.3 is 14.2 Å². The number of nitrogens with zero attached hydrogens (tertiary/aromatic N) is 2. The summed E-state index contributed by atoms with van der Waals surface area (Å²) < 4.78 is 11.6. The Morgan fingerprint density at radius 1 is 1.26 bits per heavy atom. The summed E-state index contributed by atoms with van der Waals surface area (Å²) in [6.07, 6.45) is 1.57. The number of thioether (sulfide) groups is 1. The van der Waals surface area contributed by atoms with E-state index in [4.69, 9.17) is 8.83 Å². The highest BCUT2D eigenvalue weighted by Gasteiger charge is 2.11. The fraction of sp³-hybridized carbons (Fsp3) is 0.133. The highest BCUT2D eigenvalue weighted by atomic mass is 79.9. The van der Waals surface area contributed by atoms with Crippen LogP contribution in [0.3, 0.4) is 0 Å².